The van der Waals surface area contributed by atoms with Gasteiger partial charge in [0.15, 0.2) is 0 Å². The zero-order valence-corrected chi connectivity index (χ0v) is 13.6. The van der Waals surface area contributed by atoms with Gasteiger partial charge in [0.05, 0.1) is 34.6 Å². The Bertz CT molecular complexity index is 573. The summed E-state index contributed by atoms with van der Waals surface area (Å²) < 4.78 is 16.7. The zero-order valence-electron chi connectivity index (χ0n) is 12.8. The molecule has 1 aliphatic heterocycles. The van der Waals surface area contributed by atoms with Crippen LogP contribution in [0.2, 0.25) is 5.02 Å². The van der Waals surface area contributed by atoms with Gasteiger partial charge in [-0.1, -0.05) is 11.6 Å². The number of hydrogen-bond donors (Lipinski definition) is 1. The topological polar surface area (TPSA) is 70.8 Å². The first-order valence-corrected chi connectivity index (χ1v) is 7.00. The Labute approximate surface area is 129 Å². The molecule has 0 radical (unpaired) electrons. The third-order valence-electron chi connectivity index (χ3n) is 4.08. The lowest BCUT2D eigenvalue weighted by molar-refractivity contribution is 0.00578. The number of rotatable bonds is 2. The van der Waals surface area contributed by atoms with Crippen molar-refractivity contribution in [3.8, 4) is 0 Å². The molecule has 0 bridgehead atoms. The summed E-state index contributed by atoms with van der Waals surface area (Å²) in [5, 5.41) is 0.340. The molecule has 21 heavy (non-hydrogen) atoms. The number of hydrogen-bond acceptors (Lipinski definition) is 5. The Balaban J connectivity index is 2.50. The first-order valence-electron chi connectivity index (χ1n) is 6.62. The maximum Gasteiger partial charge on any atom is 0.495 e. The molecule has 0 aromatic heterocycles. The van der Waals surface area contributed by atoms with E-state index in [2.05, 4.69) is 0 Å². The smallest absolute Gasteiger partial charge is 0.465 e. The second-order valence-corrected chi connectivity index (χ2v) is 6.45. The van der Waals surface area contributed by atoms with E-state index in [-0.39, 0.29) is 5.56 Å². The van der Waals surface area contributed by atoms with Gasteiger partial charge in [-0.3, -0.25) is 0 Å². The van der Waals surface area contributed by atoms with E-state index in [1.54, 1.807) is 6.07 Å². The van der Waals surface area contributed by atoms with Gasteiger partial charge in [0.25, 0.3) is 0 Å². The lowest BCUT2D eigenvalue weighted by Gasteiger charge is -2.32. The minimum atomic E-state index is -0.706. The number of carbonyl (C=O) groups is 1. The van der Waals surface area contributed by atoms with E-state index >= 15 is 0 Å². The van der Waals surface area contributed by atoms with E-state index in [0.717, 1.165) is 0 Å². The monoisotopic (exact) mass is 311 g/mol. The molecular formula is C14H19BClNO4. The van der Waals surface area contributed by atoms with Gasteiger partial charge in [0.1, 0.15) is 0 Å². The number of carbonyl (C=O) groups excluding carboxylic acids is 1. The molecule has 1 aliphatic rings. The van der Waals surface area contributed by atoms with Crippen LogP contribution in [-0.2, 0) is 14.0 Å². The lowest BCUT2D eigenvalue weighted by Crippen LogP contribution is -2.41. The lowest BCUT2D eigenvalue weighted by atomic mass is 9.75. The quantitative estimate of drug-likeness (QED) is 0.514. The number of nitrogens with two attached hydrogens (primary N) is 1. The van der Waals surface area contributed by atoms with Gasteiger partial charge in [-0.05, 0) is 45.3 Å². The molecule has 1 aromatic rings. The Kier molecular flexibility index (Phi) is 3.99. The highest BCUT2D eigenvalue weighted by molar-refractivity contribution is 6.64. The highest BCUT2D eigenvalue weighted by atomic mass is 35.5. The van der Waals surface area contributed by atoms with Gasteiger partial charge < -0.3 is 19.8 Å². The van der Waals surface area contributed by atoms with E-state index in [9.17, 15) is 4.79 Å². The Morgan fingerprint density at radius 3 is 2.24 bits per heavy atom. The molecule has 0 spiro atoms. The van der Waals surface area contributed by atoms with Crippen LogP contribution in [-0.4, -0.2) is 31.4 Å². The second-order valence-electron chi connectivity index (χ2n) is 6.04. The maximum atomic E-state index is 11.9. The summed E-state index contributed by atoms with van der Waals surface area (Å²) in [5.41, 5.74) is 5.84. The highest BCUT2D eigenvalue weighted by Gasteiger charge is 2.52. The molecule has 2 rings (SSSR count). The SMILES string of the molecule is COC(=O)c1cc(N)c(Cl)cc1B1OC(C)(C)C(C)(C)O1. The van der Waals surface area contributed by atoms with E-state index in [1.807, 2.05) is 27.7 Å². The van der Waals surface area contributed by atoms with Crippen LogP contribution in [0.5, 0.6) is 0 Å². The molecule has 1 heterocycles. The van der Waals surface area contributed by atoms with E-state index in [0.29, 0.717) is 16.2 Å². The third kappa shape index (κ3) is 2.75. The first-order chi connectivity index (χ1) is 9.59. The van der Waals surface area contributed by atoms with Crippen LogP contribution in [0, 0.1) is 0 Å². The van der Waals surface area contributed by atoms with Crippen LogP contribution in [0.15, 0.2) is 12.1 Å². The van der Waals surface area contributed by atoms with Crippen LogP contribution in [0.4, 0.5) is 5.69 Å². The fourth-order valence-electron chi connectivity index (χ4n) is 2.06. The van der Waals surface area contributed by atoms with Crippen LogP contribution < -0.4 is 11.2 Å². The van der Waals surface area contributed by atoms with E-state index in [1.165, 1.54) is 13.2 Å². The molecule has 7 heteroatoms. The summed E-state index contributed by atoms with van der Waals surface area (Å²) in [5.74, 6) is -0.511. The average Bonchev–Trinajstić information content (AvgIpc) is 2.60. The number of ether oxygens (including phenoxy) is 1. The van der Waals surface area contributed by atoms with Crippen molar-refractivity contribution in [2.24, 2.45) is 0 Å². The van der Waals surface area contributed by atoms with E-state index in [4.69, 9.17) is 31.4 Å². The molecule has 1 aromatic carbocycles. The first kappa shape index (κ1) is 16.1. The number of benzene rings is 1. The summed E-state index contributed by atoms with van der Waals surface area (Å²) in [6.07, 6.45) is 0. The molecule has 0 amide bonds. The summed E-state index contributed by atoms with van der Waals surface area (Å²) in [7, 11) is 0.600. The van der Waals surface area contributed by atoms with Gasteiger partial charge in [0, 0.05) is 0 Å². The molecule has 0 aliphatic carbocycles. The van der Waals surface area contributed by atoms with Crippen molar-refractivity contribution in [2.75, 3.05) is 12.8 Å². The summed E-state index contributed by atoms with van der Waals surface area (Å²) in [6.45, 7) is 7.74. The molecule has 0 atom stereocenters. The summed E-state index contributed by atoms with van der Waals surface area (Å²) >= 11 is 6.07. The standard InChI is InChI=1S/C14H19BClNO4/c1-13(2)14(3,4)21-15(20-13)9-7-10(16)11(17)6-8(9)12(18)19-5/h6-7H,17H2,1-5H3. The molecule has 0 saturated carbocycles. The van der Waals surface area contributed by atoms with Gasteiger partial charge in [0.2, 0.25) is 0 Å². The largest absolute Gasteiger partial charge is 0.495 e. The highest BCUT2D eigenvalue weighted by Crippen LogP contribution is 2.37. The van der Waals surface area contributed by atoms with Gasteiger partial charge in [-0.15, -0.1) is 0 Å². The van der Waals surface area contributed by atoms with Crippen LogP contribution in [0.3, 0.4) is 0 Å². The molecule has 1 saturated heterocycles. The summed E-state index contributed by atoms with van der Waals surface area (Å²) in [6, 6.07) is 3.07. The number of nitrogen functional groups attached to an aromatic ring is 1. The van der Waals surface area contributed by atoms with Crippen molar-refractivity contribution in [3.05, 3.63) is 22.7 Å². The van der Waals surface area contributed by atoms with Crippen molar-refractivity contribution in [3.63, 3.8) is 0 Å². The average molecular weight is 312 g/mol. The Hall–Kier alpha value is -1.24. The minimum Gasteiger partial charge on any atom is -0.465 e. The third-order valence-corrected chi connectivity index (χ3v) is 4.41. The zero-order chi connectivity index (χ0) is 16.0. The predicted molar refractivity (Wildman–Crippen MR) is 82.9 cm³/mol. The Morgan fingerprint density at radius 1 is 1.24 bits per heavy atom. The number of anilines is 1. The van der Waals surface area contributed by atoms with Gasteiger partial charge in [-0.25, -0.2) is 4.79 Å². The maximum absolute atomic E-state index is 11.9. The van der Waals surface area contributed by atoms with Crippen molar-refractivity contribution in [1.82, 2.24) is 0 Å². The predicted octanol–water partition coefficient (Wildman–Crippen LogP) is 2.01. The van der Waals surface area contributed by atoms with Crippen LogP contribution >= 0.6 is 11.6 Å². The fourth-order valence-corrected chi connectivity index (χ4v) is 2.23. The molecule has 2 N–H and O–H groups in total. The number of halogens is 1. The van der Waals surface area contributed by atoms with Crippen molar-refractivity contribution in [1.29, 1.82) is 0 Å². The van der Waals surface area contributed by atoms with Crippen molar-refractivity contribution >= 4 is 35.8 Å². The molecular weight excluding hydrogens is 292 g/mol. The number of methoxy groups -OCH3 is 1. The second kappa shape index (κ2) is 5.19. The molecule has 5 nitrogen and oxygen atoms in total. The van der Waals surface area contributed by atoms with Crippen molar-refractivity contribution in [2.45, 2.75) is 38.9 Å². The fraction of sp³-hybridized carbons (Fsp3) is 0.500. The van der Waals surface area contributed by atoms with Crippen LogP contribution in [0.1, 0.15) is 38.1 Å². The summed E-state index contributed by atoms with van der Waals surface area (Å²) in [4.78, 5) is 11.9. The molecule has 114 valence electrons. The van der Waals surface area contributed by atoms with E-state index < -0.39 is 24.3 Å². The molecule has 1 fully saturated rings. The normalized spacial score (nSPS) is 19.6. The van der Waals surface area contributed by atoms with Gasteiger partial charge >= 0.3 is 13.1 Å². The Morgan fingerprint density at radius 2 is 1.76 bits per heavy atom. The van der Waals surface area contributed by atoms with Crippen LogP contribution in [0.25, 0.3) is 0 Å². The van der Waals surface area contributed by atoms with Gasteiger partial charge in [-0.2, -0.15) is 0 Å². The number of esters is 1. The molecule has 0 unspecified atom stereocenters. The van der Waals surface area contributed by atoms with Crippen molar-refractivity contribution < 1.29 is 18.8 Å². The minimum absolute atomic E-state index is 0.290.